The van der Waals surface area contributed by atoms with Gasteiger partial charge < -0.3 is 10.2 Å². The number of piperidine rings is 1. The smallest absolute Gasteiger partial charge is 0.303 e. The number of aliphatic hydroxyl groups is 1. The van der Waals surface area contributed by atoms with Gasteiger partial charge in [0, 0.05) is 31.7 Å². The van der Waals surface area contributed by atoms with Gasteiger partial charge in [-0.25, -0.2) is 0 Å². The summed E-state index contributed by atoms with van der Waals surface area (Å²) in [5.74, 6) is 0.0337. The van der Waals surface area contributed by atoms with Gasteiger partial charge in [-0.05, 0) is 37.5 Å². The van der Waals surface area contributed by atoms with E-state index in [0.717, 1.165) is 19.4 Å². The van der Waals surface area contributed by atoms with Crippen LogP contribution in [0.1, 0.15) is 39.0 Å². The molecule has 2 heterocycles. The number of hydrogen-bond donors (Lipinski definition) is 2. The molecule has 2 aliphatic rings. The van der Waals surface area contributed by atoms with E-state index in [1.54, 1.807) is 0 Å². The molecule has 3 atom stereocenters. The third kappa shape index (κ3) is 2.99. The van der Waals surface area contributed by atoms with Crippen molar-refractivity contribution in [1.82, 2.24) is 4.90 Å². The molecular formula is C13H23NO3. The summed E-state index contributed by atoms with van der Waals surface area (Å²) in [5.41, 5.74) is 0. The zero-order chi connectivity index (χ0) is 12.4. The molecule has 0 spiro atoms. The molecule has 17 heavy (non-hydrogen) atoms. The highest BCUT2D eigenvalue weighted by Crippen LogP contribution is 2.40. The van der Waals surface area contributed by atoms with E-state index in [1.165, 1.54) is 12.8 Å². The third-order valence-corrected chi connectivity index (χ3v) is 4.28. The van der Waals surface area contributed by atoms with E-state index in [1.807, 2.05) is 0 Å². The summed E-state index contributed by atoms with van der Waals surface area (Å²) < 4.78 is 0. The van der Waals surface area contributed by atoms with Crippen molar-refractivity contribution in [1.29, 1.82) is 0 Å². The van der Waals surface area contributed by atoms with Crippen molar-refractivity contribution in [3.05, 3.63) is 0 Å². The van der Waals surface area contributed by atoms with E-state index >= 15 is 0 Å². The highest BCUT2D eigenvalue weighted by molar-refractivity contribution is 5.67. The molecule has 4 nitrogen and oxygen atoms in total. The van der Waals surface area contributed by atoms with E-state index in [9.17, 15) is 4.79 Å². The predicted molar refractivity (Wildman–Crippen MR) is 64.7 cm³/mol. The molecule has 4 heteroatoms. The number of hydrogen-bond acceptors (Lipinski definition) is 3. The molecule has 3 unspecified atom stereocenters. The van der Waals surface area contributed by atoms with E-state index in [4.69, 9.17) is 10.2 Å². The highest BCUT2D eigenvalue weighted by Gasteiger charge is 2.41. The first kappa shape index (κ1) is 12.8. The fourth-order valence-electron chi connectivity index (χ4n) is 3.52. The molecule has 2 saturated heterocycles. The fraction of sp³-hybridized carbons (Fsp3) is 0.923. The lowest BCUT2D eigenvalue weighted by atomic mass is 9.87. The zero-order valence-corrected chi connectivity index (χ0v) is 10.5. The molecule has 2 fully saturated rings. The number of rotatable bonds is 5. The van der Waals surface area contributed by atoms with Gasteiger partial charge in [0.15, 0.2) is 0 Å². The van der Waals surface area contributed by atoms with Crippen LogP contribution >= 0.6 is 0 Å². The van der Waals surface area contributed by atoms with Crippen LogP contribution in [0.5, 0.6) is 0 Å². The van der Waals surface area contributed by atoms with Gasteiger partial charge >= 0.3 is 5.97 Å². The second kappa shape index (κ2) is 5.36. The molecule has 0 aromatic carbocycles. The van der Waals surface area contributed by atoms with E-state index in [2.05, 4.69) is 11.8 Å². The van der Waals surface area contributed by atoms with Crippen molar-refractivity contribution in [2.45, 2.75) is 51.1 Å². The van der Waals surface area contributed by atoms with Crippen molar-refractivity contribution >= 4 is 5.97 Å². The summed E-state index contributed by atoms with van der Waals surface area (Å²) in [4.78, 5) is 13.3. The fourth-order valence-corrected chi connectivity index (χ4v) is 3.52. The first-order valence-corrected chi connectivity index (χ1v) is 6.68. The molecular weight excluding hydrogens is 218 g/mol. The van der Waals surface area contributed by atoms with Crippen LogP contribution in [0, 0.1) is 11.8 Å². The second-order valence-electron chi connectivity index (χ2n) is 5.80. The summed E-state index contributed by atoms with van der Waals surface area (Å²) in [6, 6.07) is 1.12. The van der Waals surface area contributed by atoms with Crippen LogP contribution < -0.4 is 0 Å². The van der Waals surface area contributed by atoms with E-state index < -0.39 is 5.97 Å². The largest absolute Gasteiger partial charge is 0.481 e. The van der Waals surface area contributed by atoms with E-state index in [-0.39, 0.29) is 6.61 Å². The number of fused-ring (bicyclic) bond motifs is 2. The van der Waals surface area contributed by atoms with Gasteiger partial charge in [-0.15, -0.1) is 0 Å². The average molecular weight is 241 g/mol. The van der Waals surface area contributed by atoms with Crippen LogP contribution in [0.25, 0.3) is 0 Å². The SMILES string of the molecule is CC(CO)CN1C2CCC1CC(CC(=O)O)C2. The molecule has 2 rings (SSSR count). The predicted octanol–water partition coefficient (Wildman–Crippen LogP) is 1.33. The Balaban J connectivity index is 1.91. The molecule has 0 aromatic heterocycles. The lowest BCUT2D eigenvalue weighted by Gasteiger charge is -2.39. The summed E-state index contributed by atoms with van der Waals surface area (Å²) in [5, 5.41) is 18.0. The number of aliphatic carboxylic acids is 1. The average Bonchev–Trinajstić information content (AvgIpc) is 2.50. The highest BCUT2D eigenvalue weighted by atomic mass is 16.4. The topological polar surface area (TPSA) is 60.8 Å². The molecule has 2 aliphatic heterocycles. The van der Waals surface area contributed by atoms with Gasteiger partial charge in [-0.2, -0.15) is 0 Å². The maximum Gasteiger partial charge on any atom is 0.303 e. The molecule has 0 saturated carbocycles. The van der Waals surface area contributed by atoms with Gasteiger partial charge in [0.1, 0.15) is 0 Å². The lowest BCUT2D eigenvalue weighted by molar-refractivity contribution is -0.138. The van der Waals surface area contributed by atoms with Crippen LogP contribution in [-0.4, -0.2) is 46.3 Å². The number of carboxylic acid groups (broad SMARTS) is 1. The standard InChI is InChI=1S/C13H23NO3/c1-9(8-15)7-14-11-2-3-12(14)5-10(4-11)6-13(16)17/h9-12,15H,2-8H2,1H3,(H,16,17). The lowest BCUT2D eigenvalue weighted by Crippen LogP contribution is -2.45. The Bertz CT molecular complexity index is 268. The molecule has 98 valence electrons. The van der Waals surface area contributed by atoms with Gasteiger partial charge in [0.2, 0.25) is 0 Å². The number of aliphatic hydroxyl groups excluding tert-OH is 1. The second-order valence-corrected chi connectivity index (χ2v) is 5.80. The summed E-state index contributed by atoms with van der Waals surface area (Å²) in [6.07, 6.45) is 4.80. The Morgan fingerprint density at radius 1 is 1.35 bits per heavy atom. The van der Waals surface area contributed by atoms with Crippen molar-refractivity contribution < 1.29 is 15.0 Å². The molecule has 2 N–H and O–H groups in total. The quantitative estimate of drug-likeness (QED) is 0.762. The number of nitrogens with zero attached hydrogens (tertiary/aromatic N) is 1. The first-order chi connectivity index (χ1) is 8.10. The normalized spacial score (nSPS) is 34.8. The van der Waals surface area contributed by atoms with Crippen LogP contribution in [0.3, 0.4) is 0 Å². The Kier molecular flexibility index (Phi) is 4.05. The Morgan fingerprint density at radius 2 is 1.94 bits per heavy atom. The van der Waals surface area contributed by atoms with Crippen LogP contribution in [0.2, 0.25) is 0 Å². The molecule has 0 radical (unpaired) electrons. The van der Waals surface area contributed by atoms with Crippen molar-refractivity contribution in [2.75, 3.05) is 13.2 Å². The van der Waals surface area contributed by atoms with Gasteiger partial charge in [0.05, 0.1) is 0 Å². The van der Waals surface area contributed by atoms with Crippen LogP contribution in [0.4, 0.5) is 0 Å². The van der Waals surface area contributed by atoms with E-state index in [0.29, 0.717) is 30.3 Å². The Morgan fingerprint density at radius 3 is 2.41 bits per heavy atom. The maximum atomic E-state index is 10.8. The maximum absolute atomic E-state index is 10.8. The number of carboxylic acids is 1. The zero-order valence-electron chi connectivity index (χ0n) is 10.5. The van der Waals surface area contributed by atoms with Gasteiger partial charge in [-0.1, -0.05) is 6.92 Å². The molecule has 0 amide bonds. The number of carbonyl (C=O) groups is 1. The Hall–Kier alpha value is -0.610. The minimum Gasteiger partial charge on any atom is -0.481 e. The summed E-state index contributed by atoms with van der Waals surface area (Å²) in [6.45, 7) is 3.28. The van der Waals surface area contributed by atoms with Crippen molar-refractivity contribution in [3.8, 4) is 0 Å². The van der Waals surface area contributed by atoms with Crippen LogP contribution in [-0.2, 0) is 4.79 Å². The minimum atomic E-state index is -0.661. The first-order valence-electron chi connectivity index (χ1n) is 6.68. The van der Waals surface area contributed by atoms with Crippen LogP contribution in [0.15, 0.2) is 0 Å². The summed E-state index contributed by atoms with van der Waals surface area (Å²) >= 11 is 0. The van der Waals surface area contributed by atoms with Gasteiger partial charge in [-0.3, -0.25) is 9.69 Å². The third-order valence-electron chi connectivity index (χ3n) is 4.28. The molecule has 0 aliphatic carbocycles. The van der Waals surface area contributed by atoms with Crippen molar-refractivity contribution in [2.24, 2.45) is 11.8 Å². The van der Waals surface area contributed by atoms with Crippen molar-refractivity contribution in [3.63, 3.8) is 0 Å². The Labute approximate surface area is 103 Å². The minimum absolute atomic E-state index is 0.245. The molecule has 2 bridgehead atoms. The van der Waals surface area contributed by atoms with Gasteiger partial charge in [0.25, 0.3) is 0 Å². The monoisotopic (exact) mass is 241 g/mol. The molecule has 0 aromatic rings. The summed E-state index contributed by atoms with van der Waals surface area (Å²) in [7, 11) is 0.